The average molecular weight is 249 g/mol. The van der Waals surface area contributed by atoms with Crippen molar-refractivity contribution in [3.8, 4) is 11.4 Å². The molecule has 1 unspecified atom stereocenters. The highest BCUT2D eigenvalue weighted by Crippen LogP contribution is 2.21. The first-order valence-corrected chi connectivity index (χ1v) is 6.19. The second kappa shape index (κ2) is 5.35. The predicted octanol–water partition coefficient (Wildman–Crippen LogP) is 2.55. The van der Waals surface area contributed by atoms with Gasteiger partial charge in [0.15, 0.2) is 0 Å². The Kier molecular flexibility index (Phi) is 3.81. The van der Waals surface area contributed by atoms with Crippen molar-refractivity contribution in [2.45, 2.75) is 39.7 Å². The van der Waals surface area contributed by atoms with E-state index in [1.165, 1.54) is 0 Å². The topological polar surface area (TPSA) is 78.1 Å². The first-order chi connectivity index (χ1) is 8.56. The summed E-state index contributed by atoms with van der Waals surface area (Å²) in [4.78, 5) is 4.34. The van der Waals surface area contributed by atoms with Crippen LogP contribution in [0.5, 0.6) is 0 Å². The number of nitrogens with zero attached hydrogens (tertiary/aromatic N) is 2. The Labute approximate surface area is 106 Å². The highest BCUT2D eigenvalue weighted by atomic mass is 16.5. The highest BCUT2D eigenvalue weighted by molar-refractivity contribution is 5.56. The molecule has 0 aliphatic rings. The average Bonchev–Trinajstić information content (AvgIpc) is 2.85. The van der Waals surface area contributed by atoms with Gasteiger partial charge in [-0.05, 0) is 25.3 Å². The molecule has 0 fully saturated rings. The maximum absolute atomic E-state index is 6.02. The van der Waals surface area contributed by atoms with Crippen molar-refractivity contribution in [3.63, 3.8) is 0 Å². The molecule has 1 atom stereocenters. The zero-order valence-electron chi connectivity index (χ0n) is 11.0. The summed E-state index contributed by atoms with van der Waals surface area (Å²) in [5.41, 5.74) is 6.88. The molecule has 5 nitrogen and oxygen atoms in total. The Hall–Kier alpha value is -1.62. The van der Waals surface area contributed by atoms with Gasteiger partial charge < -0.3 is 14.7 Å². The van der Waals surface area contributed by atoms with Crippen molar-refractivity contribution in [1.82, 2.24) is 10.1 Å². The molecule has 2 aromatic heterocycles. The van der Waals surface area contributed by atoms with Gasteiger partial charge in [0.25, 0.3) is 0 Å². The lowest BCUT2D eigenvalue weighted by atomic mass is 10.0. The van der Waals surface area contributed by atoms with Crippen molar-refractivity contribution in [2.24, 2.45) is 11.7 Å². The minimum Gasteiger partial charge on any atom is -0.469 e. The Bertz CT molecular complexity index is 502. The number of nitrogens with two attached hydrogens (primary N) is 1. The van der Waals surface area contributed by atoms with E-state index in [0.29, 0.717) is 24.1 Å². The van der Waals surface area contributed by atoms with Crippen LogP contribution < -0.4 is 5.73 Å². The van der Waals surface area contributed by atoms with Gasteiger partial charge in [-0.2, -0.15) is 4.98 Å². The minimum atomic E-state index is 0.0590. The number of furan rings is 1. The molecule has 5 heteroatoms. The van der Waals surface area contributed by atoms with Gasteiger partial charge in [0, 0.05) is 12.5 Å². The molecule has 2 N–H and O–H groups in total. The number of hydrogen-bond acceptors (Lipinski definition) is 5. The van der Waals surface area contributed by atoms with Crippen molar-refractivity contribution < 1.29 is 8.94 Å². The fraction of sp³-hybridized carbons (Fsp3) is 0.538. The van der Waals surface area contributed by atoms with Gasteiger partial charge in [-0.1, -0.05) is 19.0 Å². The second-order valence-electron chi connectivity index (χ2n) is 5.00. The van der Waals surface area contributed by atoms with E-state index in [4.69, 9.17) is 14.7 Å². The van der Waals surface area contributed by atoms with E-state index in [0.717, 1.165) is 17.7 Å². The van der Waals surface area contributed by atoms with Crippen molar-refractivity contribution in [1.29, 1.82) is 0 Å². The molecule has 0 aliphatic heterocycles. The van der Waals surface area contributed by atoms with Gasteiger partial charge >= 0.3 is 0 Å². The second-order valence-corrected chi connectivity index (χ2v) is 5.00. The number of rotatable bonds is 5. The Morgan fingerprint density at radius 3 is 2.78 bits per heavy atom. The van der Waals surface area contributed by atoms with E-state index in [-0.39, 0.29) is 6.04 Å². The predicted molar refractivity (Wildman–Crippen MR) is 67.9 cm³/mol. The van der Waals surface area contributed by atoms with Crippen LogP contribution in [-0.4, -0.2) is 16.2 Å². The van der Waals surface area contributed by atoms with Crippen LogP contribution in [0.3, 0.4) is 0 Å². The molecule has 18 heavy (non-hydrogen) atoms. The molecular weight excluding hydrogens is 230 g/mol. The van der Waals surface area contributed by atoms with Crippen molar-refractivity contribution in [3.05, 3.63) is 24.0 Å². The van der Waals surface area contributed by atoms with Gasteiger partial charge in [0.1, 0.15) is 5.76 Å². The van der Waals surface area contributed by atoms with Gasteiger partial charge in [-0.3, -0.25) is 0 Å². The van der Waals surface area contributed by atoms with Crippen molar-refractivity contribution in [2.75, 3.05) is 0 Å². The van der Waals surface area contributed by atoms with Crippen LogP contribution in [-0.2, 0) is 6.42 Å². The van der Waals surface area contributed by atoms with Crippen LogP contribution in [0.15, 0.2) is 21.3 Å². The summed E-state index contributed by atoms with van der Waals surface area (Å²) in [5.74, 6) is 2.50. The van der Waals surface area contributed by atoms with Crippen LogP contribution in [0.4, 0.5) is 0 Å². The summed E-state index contributed by atoms with van der Waals surface area (Å²) in [6.45, 7) is 6.16. The van der Waals surface area contributed by atoms with Crippen molar-refractivity contribution >= 4 is 0 Å². The lowest BCUT2D eigenvalue weighted by Gasteiger charge is -2.10. The lowest BCUT2D eigenvalue weighted by Crippen LogP contribution is -2.24. The minimum absolute atomic E-state index is 0.0590. The van der Waals surface area contributed by atoms with Crippen LogP contribution in [0.25, 0.3) is 11.4 Å². The summed E-state index contributed by atoms with van der Waals surface area (Å²) in [7, 11) is 0. The first-order valence-electron chi connectivity index (χ1n) is 6.19. The highest BCUT2D eigenvalue weighted by Gasteiger charge is 2.15. The molecule has 0 bridgehead atoms. The summed E-state index contributed by atoms with van der Waals surface area (Å²) >= 11 is 0. The van der Waals surface area contributed by atoms with E-state index in [1.54, 1.807) is 6.26 Å². The molecule has 0 aliphatic carbocycles. The van der Waals surface area contributed by atoms with Crippen LogP contribution in [0, 0.1) is 12.8 Å². The van der Waals surface area contributed by atoms with Gasteiger partial charge in [-0.15, -0.1) is 0 Å². The molecule has 0 saturated heterocycles. The van der Waals surface area contributed by atoms with E-state index >= 15 is 0 Å². The molecule has 2 aromatic rings. The summed E-state index contributed by atoms with van der Waals surface area (Å²) in [6.07, 6.45) is 3.18. The molecule has 0 radical (unpaired) electrons. The standard InChI is InChI=1S/C13H19N3O2/c1-8(2)6-10(14)7-12-15-13(16-18-12)11-4-5-17-9(11)3/h4-5,8,10H,6-7,14H2,1-3H3. The fourth-order valence-corrected chi connectivity index (χ4v) is 1.98. The summed E-state index contributed by atoms with van der Waals surface area (Å²) in [5, 5.41) is 3.95. The van der Waals surface area contributed by atoms with Gasteiger partial charge in [0.2, 0.25) is 11.7 Å². The lowest BCUT2D eigenvalue weighted by molar-refractivity contribution is 0.359. The van der Waals surface area contributed by atoms with E-state index in [9.17, 15) is 0 Å². The largest absolute Gasteiger partial charge is 0.469 e. The summed E-state index contributed by atoms with van der Waals surface area (Å²) < 4.78 is 10.4. The summed E-state index contributed by atoms with van der Waals surface area (Å²) in [6, 6.07) is 1.89. The van der Waals surface area contributed by atoms with E-state index in [1.807, 2.05) is 13.0 Å². The van der Waals surface area contributed by atoms with Crippen LogP contribution in [0.1, 0.15) is 31.9 Å². The SMILES string of the molecule is Cc1occc1-c1noc(CC(N)CC(C)C)n1. The third-order valence-corrected chi connectivity index (χ3v) is 2.78. The first kappa shape index (κ1) is 12.8. The third kappa shape index (κ3) is 2.98. The quantitative estimate of drug-likeness (QED) is 0.881. The smallest absolute Gasteiger partial charge is 0.228 e. The van der Waals surface area contributed by atoms with E-state index < -0.39 is 0 Å². The Balaban J connectivity index is 2.05. The fourth-order valence-electron chi connectivity index (χ4n) is 1.98. The van der Waals surface area contributed by atoms with Gasteiger partial charge in [0.05, 0.1) is 11.8 Å². The number of hydrogen-bond donors (Lipinski definition) is 1. The molecule has 0 saturated carbocycles. The Morgan fingerprint density at radius 1 is 1.39 bits per heavy atom. The molecule has 2 heterocycles. The number of aryl methyl sites for hydroxylation is 1. The molecular formula is C13H19N3O2. The number of aromatic nitrogens is 2. The zero-order chi connectivity index (χ0) is 13.1. The molecule has 2 rings (SSSR count). The zero-order valence-corrected chi connectivity index (χ0v) is 11.0. The maximum atomic E-state index is 6.02. The molecule has 0 amide bonds. The Morgan fingerprint density at radius 2 is 2.17 bits per heavy atom. The van der Waals surface area contributed by atoms with Crippen LogP contribution >= 0.6 is 0 Å². The van der Waals surface area contributed by atoms with Crippen LogP contribution in [0.2, 0.25) is 0 Å². The van der Waals surface area contributed by atoms with E-state index in [2.05, 4.69) is 24.0 Å². The molecule has 0 spiro atoms. The maximum Gasteiger partial charge on any atom is 0.228 e. The molecule has 98 valence electrons. The monoisotopic (exact) mass is 249 g/mol. The van der Waals surface area contributed by atoms with Gasteiger partial charge in [-0.25, -0.2) is 0 Å². The normalized spacial score (nSPS) is 13.2. The third-order valence-electron chi connectivity index (χ3n) is 2.78. The molecule has 0 aromatic carbocycles.